The molecule has 0 saturated carbocycles. The zero-order valence-corrected chi connectivity index (χ0v) is 19.5. The minimum Gasteiger partial charge on any atom is -0.496 e. The molecule has 1 aliphatic rings. The van der Waals surface area contributed by atoms with Gasteiger partial charge in [0.15, 0.2) is 5.96 Å². The highest BCUT2D eigenvalue weighted by Crippen LogP contribution is 2.31. The predicted octanol–water partition coefficient (Wildman–Crippen LogP) is 1.67. The van der Waals surface area contributed by atoms with Gasteiger partial charge in [0.1, 0.15) is 5.75 Å². The summed E-state index contributed by atoms with van der Waals surface area (Å²) in [5.74, 6) is 1.75. The largest absolute Gasteiger partial charge is 0.496 e. The fraction of sp³-hybridized carbons (Fsp3) is 0.667. The molecule has 2 N–H and O–H groups in total. The number of sulfonamides is 1. The number of rotatable bonds is 11. The molecule has 1 saturated heterocycles. The molecular formula is C21H37N5O3S. The van der Waals surface area contributed by atoms with Gasteiger partial charge in [-0.1, -0.05) is 18.2 Å². The second kappa shape index (κ2) is 12.1. The summed E-state index contributed by atoms with van der Waals surface area (Å²) >= 11 is 0. The van der Waals surface area contributed by atoms with E-state index >= 15 is 0 Å². The summed E-state index contributed by atoms with van der Waals surface area (Å²) in [5, 5.41) is 6.72. The van der Waals surface area contributed by atoms with E-state index in [0.29, 0.717) is 26.1 Å². The van der Waals surface area contributed by atoms with Crippen LogP contribution in [0.4, 0.5) is 0 Å². The third-order valence-electron chi connectivity index (χ3n) is 5.55. The van der Waals surface area contributed by atoms with E-state index in [1.807, 2.05) is 12.1 Å². The molecule has 1 atom stereocenters. The van der Waals surface area contributed by atoms with Gasteiger partial charge < -0.3 is 15.4 Å². The van der Waals surface area contributed by atoms with Crippen molar-refractivity contribution >= 4 is 16.0 Å². The number of aliphatic imine (C=N–C) groups is 1. The average Bonchev–Trinajstić information content (AvgIpc) is 3.29. The molecule has 1 unspecified atom stereocenters. The molecule has 2 rings (SSSR count). The first kappa shape index (κ1) is 24.4. The number of nitrogens with zero attached hydrogens (tertiary/aromatic N) is 3. The van der Waals surface area contributed by atoms with E-state index in [9.17, 15) is 8.42 Å². The third-order valence-corrected chi connectivity index (χ3v) is 7.41. The highest BCUT2D eigenvalue weighted by molar-refractivity contribution is 7.89. The van der Waals surface area contributed by atoms with E-state index in [1.54, 1.807) is 28.1 Å². The molecule has 0 aromatic heterocycles. The Morgan fingerprint density at radius 2 is 1.97 bits per heavy atom. The molecule has 0 aliphatic carbocycles. The summed E-state index contributed by atoms with van der Waals surface area (Å²) in [4.78, 5) is 6.81. The van der Waals surface area contributed by atoms with Gasteiger partial charge in [-0.15, -0.1) is 0 Å². The minimum absolute atomic E-state index is 0.126. The van der Waals surface area contributed by atoms with Gasteiger partial charge in [0.25, 0.3) is 0 Å². The molecule has 0 spiro atoms. The number of ether oxygens (including phenoxy) is 1. The highest BCUT2D eigenvalue weighted by atomic mass is 32.2. The number of benzene rings is 1. The van der Waals surface area contributed by atoms with Crippen LogP contribution in [0.1, 0.15) is 37.8 Å². The van der Waals surface area contributed by atoms with Crippen molar-refractivity contribution in [2.45, 2.75) is 32.2 Å². The van der Waals surface area contributed by atoms with E-state index in [1.165, 1.54) is 22.7 Å². The molecule has 30 heavy (non-hydrogen) atoms. The fourth-order valence-electron chi connectivity index (χ4n) is 3.71. The minimum atomic E-state index is -3.13. The van der Waals surface area contributed by atoms with Crippen LogP contribution in [0.2, 0.25) is 0 Å². The Hall–Kier alpha value is -1.84. The van der Waals surface area contributed by atoms with Crippen molar-refractivity contribution in [2.24, 2.45) is 4.99 Å². The van der Waals surface area contributed by atoms with Gasteiger partial charge in [-0.05, 0) is 45.3 Å². The second-order valence-corrected chi connectivity index (χ2v) is 9.82. The van der Waals surface area contributed by atoms with Crippen molar-refractivity contribution in [2.75, 3.05) is 59.7 Å². The summed E-state index contributed by atoms with van der Waals surface area (Å²) in [7, 11) is 1.95. The van der Waals surface area contributed by atoms with Crippen molar-refractivity contribution in [3.8, 4) is 5.75 Å². The molecule has 1 aromatic rings. The molecular weight excluding hydrogens is 402 g/mol. The summed E-state index contributed by atoms with van der Waals surface area (Å²) in [6.07, 6.45) is 3.14. The Morgan fingerprint density at radius 3 is 2.60 bits per heavy atom. The van der Waals surface area contributed by atoms with Gasteiger partial charge in [0.2, 0.25) is 10.0 Å². The smallest absolute Gasteiger partial charge is 0.213 e. The van der Waals surface area contributed by atoms with Crippen LogP contribution in [0.5, 0.6) is 5.75 Å². The zero-order chi connectivity index (χ0) is 22.0. The molecule has 1 aromatic carbocycles. The molecule has 0 amide bonds. The van der Waals surface area contributed by atoms with Crippen LogP contribution < -0.4 is 15.4 Å². The van der Waals surface area contributed by atoms with Crippen molar-refractivity contribution in [3.63, 3.8) is 0 Å². The zero-order valence-electron chi connectivity index (χ0n) is 18.7. The summed E-state index contributed by atoms with van der Waals surface area (Å²) < 4.78 is 30.7. The van der Waals surface area contributed by atoms with Gasteiger partial charge in [-0.3, -0.25) is 9.89 Å². The van der Waals surface area contributed by atoms with Crippen LogP contribution in [-0.4, -0.2) is 83.3 Å². The first-order chi connectivity index (χ1) is 14.4. The molecule has 1 heterocycles. The van der Waals surface area contributed by atoms with E-state index in [2.05, 4.69) is 32.7 Å². The lowest BCUT2D eigenvalue weighted by atomic mass is 10.0. The quantitative estimate of drug-likeness (QED) is 0.310. The van der Waals surface area contributed by atoms with Crippen molar-refractivity contribution < 1.29 is 13.2 Å². The number of likely N-dealkylation sites (tertiary alicyclic amines) is 1. The maximum Gasteiger partial charge on any atom is 0.213 e. The first-order valence-electron chi connectivity index (χ1n) is 10.7. The standard InChI is InChI=1S/C21H37N5O3S/c1-5-30(27,28)25(3)14-10-13-23-21(22-2)24-17-19(26-15-8-9-16-26)18-11-6-7-12-20(18)29-4/h6-7,11-12,19H,5,8-10,13-17H2,1-4H3,(H2,22,23,24). The van der Waals surface area contributed by atoms with Gasteiger partial charge in [0, 0.05) is 39.3 Å². The van der Waals surface area contributed by atoms with Crippen LogP contribution in [0, 0.1) is 0 Å². The predicted molar refractivity (Wildman–Crippen MR) is 123 cm³/mol. The maximum atomic E-state index is 11.8. The van der Waals surface area contributed by atoms with Crippen LogP contribution in [-0.2, 0) is 10.0 Å². The van der Waals surface area contributed by atoms with Crippen molar-refractivity contribution in [1.82, 2.24) is 19.8 Å². The van der Waals surface area contributed by atoms with Gasteiger partial charge in [-0.25, -0.2) is 12.7 Å². The SMILES string of the molecule is CCS(=O)(=O)N(C)CCCNC(=NC)NCC(c1ccccc1OC)N1CCCC1. The molecule has 1 aliphatic heterocycles. The van der Waals surface area contributed by atoms with E-state index in [0.717, 1.165) is 24.8 Å². The Balaban J connectivity index is 1.91. The van der Waals surface area contributed by atoms with Gasteiger partial charge in [0.05, 0.1) is 18.9 Å². The van der Waals surface area contributed by atoms with Crippen molar-refractivity contribution in [1.29, 1.82) is 0 Å². The Kier molecular flexibility index (Phi) is 9.87. The molecule has 8 nitrogen and oxygen atoms in total. The maximum absolute atomic E-state index is 11.8. The summed E-state index contributed by atoms with van der Waals surface area (Å²) in [5.41, 5.74) is 1.18. The summed E-state index contributed by atoms with van der Waals surface area (Å²) in [6, 6.07) is 8.38. The van der Waals surface area contributed by atoms with Crippen LogP contribution >= 0.6 is 0 Å². The second-order valence-electron chi connectivity index (χ2n) is 7.46. The molecule has 0 radical (unpaired) electrons. The summed E-state index contributed by atoms with van der Waals surface area (Å²) in [6.45, 7) is 5.66. The van der Waals surface area contributed by atoms with Gasteiger partial charge in [-0.2, -0.15) is 0 Å². The number of guanidine groups is 1. The topological polar surface area (TPSA) is 86.3 Å². The Bertz CT molecular complexity index is 779. The molecule has 1 fully saturated rings. The lowest BCUT2D eigenvalue weighted by Gasteiger charge is -2.30. The number of hydrogen-bond acceptors (Lipinski definition) is 5. The first-order valence-corrected chi connectivity index (χ1v) is 12.3. The molecule has 9 heteroatoms. The number of hydrogen-bond donors (Lipinski definition) is 2. The van der Waals surface area contributed by atoms with E-state index in [4.69, 9.17) is 4.74 Å². The number of para-hydroxylation sites is 1. The average molecular weight is 440 g/mol. The Morgan fingerprint density at radius 1 is 1.27 bits per heavy atom. The fourth-order valence-corrected chi connectivity index (χ4v) is 4.56. The molecule has 170 valence electrons. The lowest BCUT2D eigenvalue weighted by molar-refractivity contribution is 0.239. The number of nitrogens with one attached hydrogen (secondary N) is 2. The lowest BCUT2D eigenvalue weighted by Crippen LogP contribution is -2.43. The van der Waals surface area contributed by atoms with E-state index < -0.39 is 10.0 Å². The Labute approximate surface area is 181 Å². The van der Waals surface area contributed by atoms with E-state index in [-0.39, 0.29) is 11.8 Å². The molecule has 0 bridgehead atoms. The van der Waals surface area contributed by atoms with Crippen LogP contribution in [0.25, 0.3) is 0 Å². The highest BCUT2D eigenvalue weighted by Gasteiger charge is 2.26. The normalized spacial score (nSPS) is 16.6. The van der Waals surface area contributed by atoms with Crippen molar-refractivity contribution in [3.05, 3.63) is 29.8 Å². The third kappa shape index (κ3) is 6.85. The number of methoxy groups -OCH3 is 1. The van der Waals surface area contributed by atoms with Gasteiger partial charge >= 0.3 is 0 Å². The van der Waals surface area contributed by atoms with Crippen LogP contribution in [0.15, 0.2) is 29.3 Å². The monoisotopic (exact) mass is 439 g/mol. The van der Waals surface area contributed by atoms with Crippen LogP contribution in [0.3, 0.4) is 0 Å².